The maximum atomic E-state index is 13.4. The maximum Gasteiger partial charge on any atom is 0.340 e. The zero-order chi connectivity index (χ0) is 24.8. The van der Waals surface area contributed by atoms with Crippen molar-refractivity contribution in [2.75, 3.05) is 38.3 Å². The van der Waals surface area contributed by atoms with Crippen LogP contribution in [-0.4, -0.2) is 62.1 Å². The Hall–Kier alpha value is -2.51. The molecule has 2 unspecified atom stereocenters. The van der Waals surface area contributed by atoms with Gasteiger partial charge in [0.25, 0.3) is 0 Å². The molecule has 1 aromatic carbocycles. The van der Waals surface area contributed by atoms with Crippen LogP contribution in [0.15, 0.2) is 35.9 Å². The number of para-hydroxylation sites is 1. The van der Waals surface area contributed by atoms with Crippen LogP contribution in [0, 0.1) is 16.7 Å². The van der Waals surface area contributed by atoms with E-state index >= 15 is 0 Å². The quantitative estimate of drug-likeness (QED) is 0.348. The van der Waals surface area contributed by atoms with Crippen LogP contribution in [0.2, 0.25) is 0 Å². The molecule has 2 amide bonds. The molecule has 188 valence electrons. The number of anilines is 1. The van der Waals surface area contributed by atoms with E-state index in [1.165, 1.54) is 12.0 Å². The predicted molar refractivity (Wildman–Crippen MR) is 132 cm³/mol. The normalized spacial score (nSPS) is 32.9. The number of carbonyl (C=O) groups is 3. The molecule has 2 saturated heterocycles. The van der Waals surface area contributed by atoms with Gasteiger partial charge in [-0.3, -0.25) is 9.59 Å². The van der Waals surface area contributed by atoms with E-state index in [1.807, 2.05) is 0 Å². The number of imide groups is 1. The monoisotopic (exact) mass is 480 g/mol. The van der Waals surface area contributed by atoms with Crippen LogP contribution in [0.4, 0.5) is 5.69 Å². The van der Waals surface area contributed by atoms with Crippen molar-refractivity contribution in [1.29, 1.82) is 0 Å². The van der Waals surface area contributed by atoms with Crippen molar-refractivity contribution in [3.8, 4) is 0 Å². The highest BCUT2D eigenvalue weighted by molar-refractivity contribution is 6.22. The summed E-state index contributed by atoms with van der Waals surface area (Å²) in [5.74, 6) is -1.41. The summed E-state index contributed by atoms with van der Waals surface area (Å²) in [7, 11) is 1.77. The third-order valence-electron chi connectivity index (χ3n) is 8.73. The van der Waals surface area contributed by atoms with Crippen LogP contribution in [-0.2, 0) is 19.1 Å². The molecule has 2 bridgehead atoms. The van der Waals surface area contributed by atoms with Gasteiger partial charge in [-0.15, -0.1) is 0 Å². The number of benzene rings is 1. The molecule has 5 rings (SSSR count). The minimum atomic E-state index is -0.486. The lowest BCUT2D eigenvalue weighted by atomic mass is 9.52. The molecule has 2 aliphatic carbocycles. The Morgan fingerprint density at radius 1 is 1.14 bits per heavy atom. The fourth-order valence-corrected chi connectivity index (χ4v) is 6.98. The first-order valence-corrected chi connectivity index (χ1v) is 12.9. The molecule has 2 heterocycles. The van der Waals surface area contributed by atoms with Gasteiger partial charge in [-0.25, -0.2) is 9.69 Å². The van der Waals surface area contributed by atoms with Crippen LogP contribution < -0.4 is 4.90 Å². The maximum absolute atomic E-state index is 13.4. The molecule has 7 nitrogen and oxygen atoms in total. The first-order chi connectivity index (χ1) is 16.8. The van der Waals surface area contributed by atoms with Gasteiger partial charge in [0.15, 0.2) is 0 Å². The fraction of sp³-hybridized carbons (Fsp3) is 0.607. The smallest absolute Gasteiger partial charge is 0.340 e. The lowest BCUT2D eigenvalue weighted by molar-refractivity contribution is -0.122. The second kappa shape index (κ2) is 9.17. The van der Waals surface area contributed by atoms with Gasteiger partial charge in [-0.1, -0.05) is 44.1 Å². The van der Waals surface area contributed by atoms with Gasteiger partial charge in [0.05, 0.1) is 17.4 Å². The summed E-state index contributed by atoms with van der Waals surface area (Å²) >= 11 is 0. The topological polar surface area (TPSA) is 76.2 Å². The molecule has 0 radical (unpaired) electrons. The van der Waals surface area contributed by atoms with Crippen molar-refractivity contribution in [3.05, 3.63) is 41.5 Å². The molecule has 4 aliphatic rings. The van der Waals surface area contributed by atoms with E-state index < -0.39 is 5.97 Å². The van der Waals surface area contributed by atoms with Crippen molar-refractivity contribution in [1.82, 2.24) is 4.90 Å². The highest BCUT2D eigenvalue weighted by Crippen LogP contribution is 2.59. The Labute approximate surface area is 207 Å². The summed E-state index contributed by atoms with van der Waals surface area (Å²) in [5, 5.41) is 0. The van der Waals surface area contributed by atoms with Gasteiger partial charge in [-0.05, 0) is 44.4 Å². The summed E-state index contributed by atoms with van der Waals surface area (Å²) in [5.41, 5.74) is 1.90. The summed E-state index contributed by atoms with van der Waals surface area (Å²) in [6.45, 7) is 7.12. The molecule has 0 spiro atoms. The van der Waals surface area contributed by atoms with E-state index in [9.17, 15) is 14.4 Å². The van der Waals surface area contributed by atoms with E-state index in [0.717, 1.165) is 50.2 Å². The van der Waals surface area contributed by atoms with Crippen molar-refractivity contribution in [3.63, 3.8) is 0 Å². The van der Waals surface area contributed by atoms with Gasteiger partial charge < -0.3 is 14.4 Å². The van der Waals surface area contributed by atoms with Gasteiger partial charge in [0.2, 0.25) is 11.8 Å². The number of hydrogen-bond acceptors (Lipinski definition) is 6. The standard InChI is InChI=1S/C28H36N2O5/c1-4-29-16-27-11-7-12-28(17-29,23(27)15-20(34-3)10-13-27)18-35-26(33)21-8-5-6-9-22(21)30-24(31)14-19(2)25(30)32/h5-6,8-9,15,19-20H,4,7,10-14,16-18H2,1-3H3/t19?,20?,27-,28-/m1/s1. The largest absolute Gasteiger partial charge is 0.461 e. The Kier molecular flexibility index (Phi) is 6.34. The van der Waals surface area contributed by atoms with Gasteiger partial charge in [0, 0.05) is 43.4 Å². The fourth-order valence-electron chi connectivity index (χ4n) is 6.98. The minimum absolute atomic E-state index is 0.106. The van der Waals surface area contributed by atoms with Crippen LogP contribution in [0.1, 0.15) is 62.7 Å². The molecular weight excluding hydrogens is 444 g/mol. The first kappa shape index (κ1) is 24.2. The molecular formula is C28H36N2O5. The Balaban J connectivity index is 1.43. The zero-order valence-electron chi connectivity index (χ0n) is 21.0. The SMILES string of the molecule is CCN1C[C@]23CCC[C@](COC(=O)c4ccccc4N4C(=O)CC(C)C4=O)(C1)C2=CC(OC)CC3. The van der Waals surface area contributed by atoms with E-state index in [1.54, 1.807) is 38.3 Å². The number of rotatable bonds is 6. The van der Waals surface area contributed by atoms with Crippen LogP contribution >= 0.6 is 0 Å². The molecule has 0 aromatic heterocycles. The third-order valence-corrected chi connectivity index (χ3v) is 8.73. The number of nitrogens with zero attached hydrogens (tertiary/aromatic N) is 2. The highest BCUT2D eigenvalue weighted by atomic mass is 16.5. The van der Waals surface area contributed by atoms with Crippen LogP contribution in [0.3, 0.4) is 0 Å². The minimum Gasteiger partial charge on any atom is -0.461 e. The third kappa shape index (κ3) is 4.02. The second-order valence-electron chi connectivity index (χ2n) is 10.9. The number of hydrogen-bond donors (Lipinski definition) is 0. The summed E-state index contributed by atoms with van der Waals surface area (Å²) in [6, 6.07) is 6.78. The Morgan fingerprint density at radius 2 is 1.94 bits per heavy atom. The first-order valence-electron chi connectivity index (χ1n) is 12.9. The van der Waals surface area contributed by atoms with Crippen LogP contribution in [0.5, 0.6) is 0 Å². The van der Waals surface area contributed by atoms with Gasteiger partial charge in [0.1, 0.15) is 6.61 Å². The van der Waals surface area contributed by atoms with Crippen LogP contribution in [0.25, 0.3) is 0 Å². The Morgan fingerprint density at radius 3 is 2.66 bits per heavy atom. The molecule has 2 aliphatic heterocycles. The van der Waals surface area contributed by atoms with E-state index in [0.29, 0.717) is 12.3 Å². The summed E-state index contributed by atoms with van der Waals surface area (Å²) < 4.78 is 11.8. The number of piperidine rings is 1. The number of amides is 2. The number of likely N-dealkylation sites (tertiary alicyclic amines) is 1. The van der Waals surface area contributed by atoms with Gasteiger partial charge in [-0.2, -0.15) is 0 Å². The van der Waals surface area contributed by atoms with E-state index in [-0.39, 0.29) is 46.7 Å². The molecule has 4 atom stereocenters. The molecule has 35 heavy (non-hydrogen) atoms. The lowest BCUT2D eigenvalue weighted by Crippen LogP contribution is -2.59. The van der Waals surface area contributed by atoms with E-state index in [4.69, 9.17) is 9.47 Å². The molecule has 1 saturated carbocycles. The average molecular weight is 481 g/mol. The van der Waals surface area contributed by atoms with Crippen molar-refractivity contribution in [2.24, 2.45) is 16.7 Å². The lowest BCUT2D eigenvalue weighted by Gasteiger charge is -2.59. The van der Waals surface area contributed by atoms with E-state index in [2.05, 4.69) is 17.9 Å². The predicted octanol–water partition coefficient (Wildman–Crippen LogP) is 3.97. The van der Waals surface area contributed by atoms with Crippen molar-refractivity contribution >= 4 is 23.5 Å². The molecule has 3 fully saturated rings. The van der Waals surface area contributed by atoms with Gasteiger partial charge >= 0.3 is 5.97 Å². The Bertz CT molecular complexity index is 1070. The second-order valence-corrected chi connectivity index (χ2v) is 10.9. The molecule has 0 N–H and O–H groups in total. The number of ether oxygens (including phenoxy) is 2. The number of methoxy groups -OCH3 is 1. The molecule has 7 heteroatoms. The summed E-state index contributed by atoms with van der Waals surface area (Å²) in [6.07, 6.45) is 7.98. The van der Waals surface area contributed by atoms with Crippen molar-refractivity contribution in [2.45, 2.75) is 58.5 Å². The highest BCUT2D eigenvalue weighted by Gasteiger charge is 2.56. The average Bonchev–Trinajstić information content (AvgIpc) is 3.12. The zero-order valence-corrected chi connectivity index (χ0v) is 21.0. The van der Waals surface area contributed by atoms with Crippen molar-refractivity contribution < 1.29 is 23.9 Å². The summed E-state index contributed by atoms with van der Waals surface area (Å²) in [4.78, 5) is 42.3. The number of carbonyl (C=O) groups excluding carboxylic acids is 3. The molecule has 1 aromatic rings. The number of esters is 1.